The lowest BCUT2D eigenvalue weighted by molar-refractivity contribution is -0.126. The summed E-state index contributed by atoms with van der Waals surface area (Å²) < 4.78 is 5.78. The Morgan fingerprint density at radius 3 is 2.55 bits per heavy atom. The number of fused-ring (bicyclic) bond motifs is 2. The number of hydrogen-bond acceptors (Lipinski definition) is 4. The van der Waals surface area contributed by atoms with Crippen molar-refractivity contribution in [3.05, 3.63) is 36.1 Å². The van der Waals surface area contributed by atoms with E-state index in [2.05, 4.69) is 10.2 Å². The number of likely N-dealkylation sites (tertiary alicyclic amines) is 1. The average molecular weight is 270 g/mol. The van der Waals surface area contributed by atoms with Gasteiger partial charge in [0.25, 0.3) is 0 Å². The molecule has 1 aromatic carbocycles. The Bertz CT molecular complexity index is 651. The van der Waals surface area contributed by atoms with E-state index in [0.717, 1.165) is 16.7 Å². The summed E-state index contributed by atoms with van der Waals surface area (Å²) >= 11 is 0. The average Bonchev–Trinajstić information content (AvgIpc) is 3.07. The van der Waals surface area contributed by atoms with Crippen molar-refractivity contribution in [2.24, 2.45) is 11.8 Å². The van der Waals surface area contributed by atoms with E-state index in [1.54, 1.807) is 0 Å². The first-order valence-electron chi connectivity index (χ1n) is 6.75. The second-order valence-corrected chi connectivity index (χ2v) is 5.51. The molecule has 2 amide bonds. The number of nitrogens with zero attached hydrogens (tertiary/aromatic N) is 1. The lowest BCUT2D eigenvalue weighted by atomic mass is 10.00. The van der Waals surface area contributed by atoms with Gasteiger partial charge in [0, 0.05) is 18.5 Å². The highest BCUT2D eigenvalue weighted by atomic mass is 16.3. The molecular formula is C15H14N2O3. The summed E-state index contributed by atoms with van der Waals surface area (Å²) in [6.45, 7) is 1.89. The summed E-state index contributed by atoms with van der Waals surface area (Å²) in [6, 6.07) is 9.89. The first-order valence-corrected chi connectivity index (χ1v) is 6.75. The van der Waals surface area contributed by atoms with Crippen molar-refractivity contribution < 1.29 is 14.0 Å². The number of para-hydroxylation sites is 1. The molecule has 1 N–H and O–H groups in total. The van der Waals surface area contributed by atoms with E-state index in [1.165, 1.54) is 0 Å². The van der Waals surface area contributed by atoms with Gasteiger partial charge in [0.1, 0.15) is 11.3 Å². The Morgan fingerprint density at radius 2 is 1.85 bits per heavy atom. The van der Waals surface area contributed by atoms with Gasteiger partial charge in [-0.05, 0) is 12.1 Å². The van der Waals surface area contributed by atoms with Gasteiger partial charge in [-0.1, -0.05) is 18.2 Å². The predicted molar refractivity (Wildman–Crippen MR) is 71.6 cm³/mol. The Balaban J connectivity index is 1.53. The van der Waals surface area contributed by atoms with E-state index >= 15 is 0 Å². The van der Waals surface area contributed by atoms with Crippen LogP contribution in [0.1, 0.15) is 5.76 Å². The third-order valence-corrected chi connectivity index (χ3v) is 4.17. The topological polar surface area (TPSA) is 62.6 Å². The van der Waals surface area contributed by atoms with Crippen LogP contribution in [0.25, 0.3) is 11.0 Å². The van der Waals surface area contributed by atoms with Crippen molar-refractivity contribution in [3.63, 3.8) is 0 Å². The van der Waals surface area contributed by atoms with Crippen LogP contribution in [0.5, 0.6) is 0 Å². The van der Waals surface area contributed by atoms with Crippen molar-refractivity contribution in [1.29, 1.82) is 0 Å². The van der Waals surface area contributed by atoms with Crippen LogP contribution in [0.15, 0.2) is 34.7 Å². The second kappa shape index (κ2) is 4.18. The predicted octanol–water partition coefficient (Wildman–Crippen LogP) is 1.14. The third kappa shape index (κ3) is 1.74. The third-order valence-electron chi connectivity index (χ3n) is 4.17. The lowest BCUT2D eigenvalue weighted by Gasteiger charge is -2.14. The normalized spacial score (nSPS) is 26.2. The number of rotatable bonds is 2. The summed E-state index contributed by atoms with van der Waals surface area (Å²) in [5.41, 5.74) is 0.871. The molecule has 0 saturated carbocycles. The molecule has 5 nitrogen and oxygen atoms in total. The summed E-state index contributed by atoms with van der Waals surface area (Å²) in [7, 11) is 0. The molecule has 3 heterocycles. The van der Waals surface area contributed by atoms with Gasteiger partial charge < -0.3 is 4.42 Å². The highest BCUT2D eigenvalue weighted by molar-refractivity contribution is 6.05. The lowest BCUT2D eigenvalue weighted by Crippen LogP contribution is -2.31. The molecule has 20 heavy (non-hydrogen) atoms. The van der Waals surface area contributed by atoms with Gasteiger partial charge in [0.2, 0.25) is 11.8 Å². The first-order chi connectivity index (χ1) is 9.70. The maximum atomic E-state index is 11.6. The van der Waals surface area contributed by atoms with Crippen molar-refractivity contribution in [3.8, 4) is 0 Å². The highest BCUT2D eigenvalue weighted by Crippen LogP contribution is 2.30. The standard InChI is InChI=1S/C15H14N2O3/c18-14-11-7-17(8-12(11)15(19)16-14)6-10-5-9-3-1-2-4-13(9)20-10/h1-5,11-12H,6-8H2,(H,16,18,19)/t11-,12+. The Labute approximate surface area is 115 Å². The summed E-state index contributed by atoms with van der Waals surface area (Å²) in [6.07, 6.45) is 0. The molecular weight excluding hydrogens is 256 g/mol. The Kier molecular flexibility index (Phi) is 2.44. The first kappa shape index (κ1) is 11.7. The van der Waals surface area contributed by atoms with Gasteiger partial charge in [0.05, 0.1) is 18.4 Å². The van der Waals surface area contributed by atoms with E-state index in [-0.39, 0.29) is 23.7 Å². The molecule has 2 atom stereocenters. The molecule has 0 unspecified atom stereocenters. The number of hydrogen-bond donors (Lipinski definition) is 1. The van der Waals surface area contributed by atoms with Crippen LogP contribution in [0.4, 0.5) is 0 Å². The number of imide groups is 1. The Morgan fingerprint density at radius 1 is 1.15 bits per heavy atom. The van der Waals surface area contributed by atoms with E-state index in [0.29, 0.717) is 19.6 Å². The molecule has 2 aliphatic heterocycles. The van der Waals surface area contributed by atoms with Crippen molar-refractivity contribution >= 4 is 22.8 Å². The van der Waals surface area contributed by atoms with Gasteiger partial charge in [-0.3, -0.25) is 19.8 Å². The number of nitrogens with one attached hydrogen (secondary N) is 1. The van der Waals surface area contributed by atoms with E-state index in [9.17, 15) is 9.59 Å². The fourth-order valence-electron chi connectivity index (χ4n) is 3.19. The largest absolute Gasteiger partial charge is 0.460 e. The van der Waals surface area contributed by atoms with Gasteiger partial charge in [-0.25, -0.2) is 0 Å². The molecule has 0 aliphatic carbocycles. The van der Waals surface area contributed by atoms with Crippen LogP contribution in [-0.2, 0) is 16.1 Å². The zero-order valence-corrected chi connectivity index (χ0v) is 10.8. The minimum atomic E-state index is -0.188. The number of amides is 2. The number of furan rings is 1. The second-order valence-electron chi connectivity index (χ2n) is 5.51. The maximum Gasteiger partial charge on any atom is 0.231 e. The molecule has 2 aliphatic rings. The van der Waals surface area contributed by atoms with E-state index in [4.69, 9.17) is 4.42 Å². The highest BCUT2D eigenvalue weighted by Gasteiger charge is 2.47. The number of carbonyl (C=O) groups is 2. The molecule has 102 valence electrons. The van der Waals surface area contributed by atoms with E-state index < -0.39 is 0 Å². The summed E-state index contributed by atoms with van der Waals surface area (Å²) in [5, 5.41) is 3.48. The zero-order chi connectivity index (χ0) is 13.7. The summed E-state index contributed by atoms with van der Waals surface area (Å²) in [5.74, 6) is 0.233. The van der Waals surface area contributed by atoms with Crippen LogP contribution in [-0.4, -0.2) is 29.8 Å². The van der Waals surface area contributed by atoms with Crippen LogP contribution >= 0.6 is 0 Å². The monoisotopic (exact) mass is 270 g/mol. The maximum absolute atomic E-state index is 11.6. The fraction of sp³-hybridized carbons (Fsp3) is 0.333. The SMILES string of the molecule is O=C1NC(=O)[C@@H]2CN(Cc3cc4ccccc4o3)C[C@H]12. The summed E-state index contributed by atoms with van der Waals surface area (Å²) in [4.78, 5) is 25.4. The van der Waals surface area contributed by atoms with Gasteiger partial charge >= 0.3 is 0 Å². The van der Waals surface area contributed by atoms with Crippen molar-refractivity contribution in [1.82, 2.24) is 10.2 Å². The minimum Gasteiger partial charge on any atom is -0.460 e. The molecule has 0 radical (unpaired) electrons. The quantitative estimate of drug-likeness (QED) is 0.831. The molecule has 2 aromatic rings. The van der Waals surface area contributed by atoms with Crippen LogP contribution in [0.3, 0.4) is 0 Å². The van der Waals surface area contributed by atoms with E-state index in [1.807, 2.05) is 30.3 Å². The minimum absolute atomic E-state index is 0.132. The zero-order valence-electron chi connectivity index (χ0n) is 10.8. The van der Waals surface area contributed by atoms with Crippen LogP contribution in [0.2, 0.25) is 0 Å². The Hall–Kier alpha value is -2.14. The fourth-order valence-corrected chi connectivity index (χ4v) is 3.19. The molecule has 4 rings (SSSR count). The van der Waals surface area contributed by atoms with Gasteiger partial charge in [-0.2, -0.15) is 0 Å². The van der Waals surface area contributed by atoms with Gasteiger partial charge in [0.15, 0.2) is 0 Å². The molecule has 0 spiro atoms. The smallest absolute Gasteiger partial charge is 0.231 e. The van der Waals surface area contributed by atoms with Crippen LogP contribution < -0.4 is 5.32 Å². The number of benzene rings is 1. The number of carbonyl (C=O) groups excluding carboxylic acids is 2. The molecule has 5 heteroatoms. The van der Waals surface area contributed by atoms with Crippen molar-refractivity contribution in [2.75, 3.05) is 13.1 Å². The molecule has 2 saturated heterocycles. The molecule has 2 fully saturated rings. The molecule has 0 bridgehead atoms. The molecule has 1 aromatic heterocycles. The van der Waals surface area contributed by atoms with Crippen molar-refractivity contribution in [2.45, 2.75) is 6.54 Å². The van der Waals surface area contributed by atoms with Crippen LogP contribution in [0, 0.1) is 11.8 Å². The van der Waals surface area contributed by atoms with Gasteiger partial charge in [-0.15, -0.1) is 0 Å².